The minimum atomic E-state index is 0.0194. The maximum atomic E-state index is 9.70. The molecule has 3 atom stereocenters. The summed E-state index contributed by atoms with van der Waals surface area (Å²) in [5.74, 6) is 1.49. The molecule has 0 heterocycles. The first-order valence-corrected chi connectivity index (χ1v) is 5.69. The Labute approximate surface area is 80.8 Å². The van der Waals surface area contributed by atoms with Crippen LogP contribution in [0.5, 0.6) is 0 Å². The summed E-state index contributed by atoms with van der Waals surface area (Å²) in [7, 11) is 0. The van der Waals surface area contributed by atoms with Gasteiger partial charge < -0.3 is 5.11 Å². The molecule has 0 spiro atoms. The van der Waals surface area contributed by atoms with Crippen molar-refractivity contribution in [2.45, 2.75) is 51.0 Å². The molecule has 0 aliphatic heterocycles. The number of rotatable bonds is 2. The van der Waals surface area contributed by atoms with Crippen LogP contribution in [0, 0.1) is 11.8 Å². The van der Waals surface area contributed by atoms with Crippen LogP contribution in [-0.2, 0) is 0 Å². The van der Waals surface area contributed by atoms with Crippen molar-refractivity contribution in [3.05, 3.63) is 12.2 Å². The molecule has 1 fully saturated rings. The van der Waals surface area contributed by atoms with E-state index in [2.05, 4.69) is 12.2 Å². The Bertz CT molecular complexity index is 186. The quantitative estimate of drug-likeness (QED) is 0.648. The largest absolute Gasteiger partial charge is 0.393 e. The fourth-order valence-corrected chi connectivity index (χ4v) is 2.79. The zero-order valence-corrected chi connectivity index (χ0v) is 8.28. The number of hydrogen-bond acceptors (Lipinski definition) is 1. The highest BCUT2D eigenvalue weighted by Gasteiger charge is 2.27. The molecule has 1 saturated carbocycles. The van der Waals surface area contributed by atoms with Gasteiger partial charge in [0.15, 0.2) is 0 Å². The minimum absolute atomic E-state index is 0.0194. The third kappa shape index (κ3) is 2.34. The molecule has 1 N–H and O–H groups in total. The molecule has 0 aromatic carbocycles. The molecule has 0 amide bonds. The molecule has 0 aromatic heterocycles. The monoisotopic (exact) mass is 180 g/mol. The smallest absolute Gasteiger partial charge is 0.0568 e. The second-order valence-corrected chi connectivity index (χ2v) is 4.64. The van der Waals surface area contributed by atoms with Crippen LogP contribution >= 0.6 is 0 Å². The van der Waals surface area contributed by atoms with Crippen molar-refractivity contribution in [1.82, 2.24) is 0 Å². The van der Waals surface area contributed by atoms with Gasteiger partial charge in [-0.05, 0) is 50.4 Å². The summed E-state index contributed by atoms with van der Waals surface area (Å²) in [6.07, 6.45) is 13.3. The van der Waals surface area contributed by atoms with E-state index in [-0.39, 0.29) is 6.10 Å². The van der Waals surface area contributed by atoms with Crippen molar-refractivity contribution in [2.24, 2.45) is 11.8 Å². The fourth-order valence-electron chi connectivity index (χ4n) is 2.79. The molecule has 1 heteroatoms. The molecule has 74 valence electrons. The van der Waals surface area contributed by atoms with E-state index >= 15 is 0 Å². The zero-order chi connectivity index (χ0) is 9.10. The second-order valence-electron chi connectivity index (χ2n) is 4.64. The number of hydrogen-bond donors (Lipinski definition) is 1. The normalized spacial score (nSPS) is 39.6. The summed E-state index contributed by atoms with van der Waals surface area (Å²) in [6.45, 7) is 0. The first-order valence-electron chi connectivity index (χ1n) is 5.69. The second kappa shape index (κ2) is 4.28. The molecule has 1 nitrogen and oxygen atoms in total. The topological polar surface area (TPSA) is 20.2 Å². The van der Waals surface area contributed by atoms with Crippen molar-refractivity contribution in [1.29, 1.82) is 0 Å². The highest BCUT2D eigenvalue weighted by atomic mass is 16.3. The minimum Gasteiger partial charge on any atom is -0.393 e. The molecule has 2 aliphatic rings. The highest BCUT2D eigenvalue weighted by Crippen LogP contribution is 2.34. The van der Waals surface area contributed by atoms with Crippen LogP contribution < -0.4 is 0 Å². The zero-order valence-electron chi connectivity index (χ0n) is 8.28. The van der Waals surface area contributed by atoms with E-state index in [0.717, 1.165) is 12.3 Å². The third-order valence-corrected chi connectivity index (χ3v) is 3.63. The lowest BCUT2D eigenvalue weighted by molar-refractivity contribution is 0.116. The van der Waals surface area contributed by atoms with Crippen LogP contribution in [0.15, 0.2) is 12.2 Å². The molecule has 0 radical (unpaired) electrons. The van der Waals surface area contributed by atoms with Gasteiger partial charge in [-0.15, -0.1) is 0 Å². The van der Waals surface area contributed by atoms with E-state index in [4.69, 9.17) is 0 Å². The van der Waals surface area contributed by atoms with Crippen LogP contribution in [0.2, 0.25) is 0 Å². The summed E-state index contributed by atoms with van der Waals surface area (Å²) < 4.78 is 0. The molecule has 0 aromatic rings. The van der Waals surface area contributed by atoms with E-state index in [1.54, 1.807) is 0 Å². The first kappa shape index (κ1) is 9.26. The molecule has 2 aliphatic carbocycles. The predicted molar refractivity (Wildman–Crippen MR) is 54.4 cm³/mol. The van der Waals surface area contributed by atoms with Gasteiger partial charge in [0.05, 0.1) is 6.10 Å². The molecule has 13 heavy (non-hydrogen) atoms. The van der Waals surface area contributed by atoms with Gasteiger partial charge >= 0.3 is 0 Å². The van der Waals surface area contributed by atoms with Crippen molar-refractivity contribution >= 4 is 0 Å². The highest BCUT2D eigenvalue weighted by molar-refractivity contribution is 4.91. The number of aliphatic hydroxyl groups is 1. The Kier molecular flexibility index (Phi) is 3.05. The molecular formula is C12H20O. The van der Waals surface area contributed by atoms with Gasteiger partial charge in [-0.25, -0.2) is 0 Å². The molecule has 2 rings (SSSR count). The van der Waals surface area contributed by atoms with Crippen molar-refractivity contribution < 1.29 is 5.11 Å². The van der Waals surface area contributed by atoms with E-state index < -0.39 is 0 Å². The van der Waals surface area contributed by atoms with Crippen LogP contribution in [0.3, 0.4) is 0 Å². The van der Waals surface area contributed by atoms with Crippen molar-refractivity contribution in [2.75, 3.05) is 0 Å². The molecular weight excluding hydrogens is 160 g/mol. The Morgan fingerprint density at radius 3 is 2.69 bits per heavy atom. The average molecular weight is 180 g/mol. The van der Waals surface area contributed by atoms with Crippen molar-refractivity contribution in [3.63, 3.8) is 0 Å². The average Bonchev–Trinajstić information content (AvgIpc) is 2.54. The number of allylic oxidation sites excluding steroid dienone is 2. The van der Waals surface area contributed by atoms with E-state index in [1.165, 1.54) is 38.5 Å². The van der Waals surface area contributed by atoms with Gasteiger partial charge in [0.2, 0.25) is 0 Å². The van der Waals surface area contributed by atoms with Gasteiger partial charge in [-0.2, -0.15) is 0 Å². The maximum absolute atomic E-state index is 9.70. The van der Waals surface area contributed by atoms with E-state index in [0.29, 0.717) is 5.92 Å². The standard InChI is InChI=1S/C12H20O/c13-12-8-4-7-11(12)9-10-5-2-1-3-6-10/h1-2,10-13H,3-9H2/t10?,11-,12+/m0/s1. The van der Waals surface area contributed by atoms with Gasteiger partial charge in [-0.3, -0.25) is 0 Å². The fraction of sp³-hybridized carbons (Fsp3) is 0.833. The first-order chi connectivity index (χ1) is 6.36. The molecule has 0 saturated heterocycles. The van der Waals surface area contributed by atoms with Crippen LogP contribution in [0.1, 0.15) is 44.9 Å². The van der Waals surface area contributed by atoms with E-state index in [9.17, 15) is 5.11 Å². The predicted octanol–water partition coefficient (Wildman–Crippen LogP) is 2.89. The lowest BCUT2D eigenvalue weighted by Gasteiger charge is -2.23. The summed E-state index contributed by atoms with van der Waals surface area (Å²) >= 11 is 0. The maximum Gasteiger partial charge on any atom is 0.0568 e. The summed E-state index contributed by atoms with van der Waals surface area (Å²) in [4.78, 5) is 0. The van der Waals surface area contributed by atoms with Crippen molar-refractivity contribution in [3.8, 4) is 0 Å². The van der Waals surface area contributed by atoms with Gasteiger partial charge in [0.1, 0.15) is 0 Å². The molecule has 0 bridgehead atoms. The van der Waals surface area contributed by atoms with Gasteiger partial charge in [0, 0.05) is 0 Å². The lowest BCUT2D eigenvalue weighted by Crippen LogP contribution is -2.17. The van der Waals surface area contributed by atoms with Crippen LogP contribution in [0.4, 0.5) is 0 Å². The van der Waals surface area contributed by atoms with Crippen LogP contribution in [0.25, 0.3) is 0 Å². The lowest BCUT2D eigenvalue weighted by atomic mass is 9.84. The Balaban J connectivity index is 1.79. The molecule has 1 unspecified atom stereocenters. The number of aliphatic hydroxyl groups excluding tert-OH is 1. The van der Waals surface area contributed by atoms with Crippen LogP contribution in [-0.4, -0.2) is 11.2 Å². The summed E-state index contributed by atoms with van der Waals surface area (Å²) in [6, 6.07) is 0. The Hall–Kier alpha value is -0.300. The Morgan fingerprint density at radius 1 is 1.15 bits per heavy atom. The summed E-state index contributed by atoms with van der Waals surface area (Å²) in [5.41, 5.74) is 0. The third-order valence-electron chi connectivity index (χ3n) is 3.63. The van der Waals surface area contributed by atoms with Gasteiger partial charge in [0.25, 0.3) is 0 Å². The SMILES string of the molecule is O[C@@H]1CCC[C@H]1CC1CC=CCC1. The van der Waals surface area contributed by atoms with E-state index in [1.807, 2.05) is 0 Å². The Morgan fingerprint density at radius 2 is 2.08 bits per heavy atom. The summed E-state index contributed by atoms with van der Waals surface area (Å²) in [5, 5.41) is 9.70. The van der Waals surface area contributed by atoms with Gasteiger partial charge in [-0.1, -0.05) is 18.6 Å².